The van der Waals surface area contributed by atoms with E-state index < -0.39 is 11.9 Å². The van der Waals surface area contributed by atoms with Gasteiger partial charge in [0.1, 0.15) is 5.70 Å². The number of amides is 1. The van der Waals surface area contributed by atoms with Gasteiger partial charge in [0, 0.05) is 18.0 Å². The number of carbonyl (C=O) groups is 2. The van der Waals surface area contributed by atoms with Crippen LogP contribution in [-0.2, 0) is 4.79 Å². The van der Waals surface area contributed by atoms with E-state index in [1.54, 1.807) is 48.8 Å². The van der Waals surface area contributed by atoms with Crippen LogP contribution in [0.25, 0.3) is 17.2 Å². The highest BCUT2D eigenvalue weighted by molar-refractivity contribution is 6.02. The van der Waals surface area contributed by atoms with Crippen molar-refractivity contribution >= 4 is 18.0 Å². The van der Waals surface area contributed by atoms with Gasteiger partial charge in [-0.05, 0) is 53.1 Å². The van der Waals surface area contributed by atoms with Gasteiger partial charge in [0.2, 0.25) is 0 Å². The molecule has 128 valence electrons. The minimum Gasteiger partial charge on any atom is -0.477 e. The number of nitrogens with zero attached hydrogens (tertiary/aromatic N) is 1. The van der Waals surface area contributed by atoms with E-state index in [0.29, 0.717) is 11.1 Å². The lowest BCUT2D eigenvalue weighted by atomic mass is 10.0. The first-order valence-corrected chi connectivity index (χ1v) is 7.95. The third kappa shape index (κ3) is 4.21. The summed E-state index contributed by atoms with van der Waals surface area (Å²) in [7, 11) is 0. The summed E-state index contributed by atoms with van der Waals surface area (Å²) < 4.78 is 0. The van der Waals surface area contributed by atoms with E-state index >= 15 is 0 Å². The fourth-order valence-corrected chi connectivity index (χ4v) is 2.45. The van der Waals surface area contributed by atoms with Crippen molar-refractivity contribution in [3.63, 3.8) is 0 Å². The molecule has 0 unspecified atom stereocenters. The van der Waals surface area contributed by atoms with E-state index in [0.717, 1.165) is 11.1 Å². The van der Waals surface area contributed by atoms with Gasteiger partial charge < -0.3 is 10.4 Å². The van der Waals surface area contributed by atoms with Crippen LogP contribution < -0.4 is 5.32 Å². The van der Waals surface area contributed by atoms with Gasteiger partial charge >= 0.3 is 5.97 Å². The first-order valence-electron chi connectivity index (χ1n) is 7.95. The summed E-state index contributed by atoms with van der Waals surface area (Å²) in [4.78, 5) is 27.7. The molecule has 0 saturated heterocycles. The number of carboxylic acid groups (broad SMARTS) is 1. The van der Waals surface area contributed by atoms with E-state index in [-0.39, 0.29) is 5.70 Å². The second kappa shape index (κ2) is 7.90. The lowest BCUT2D eigenvalue weighted by Gasteiger charge is -2.07. The number of aromatic nitrogens is 1. The predicted octanol–water partition coefficient (Wildman–Crippen LogP) is 3.60. The van der Waals surface area contributed by atoms with Gasteiger partial charge in [-0.15, -0.1) is 0 Å². The molecule has 0 aliphatic heterocycles. The van der Waals surface area contributed by atoms with E-state index in [1.807, 2.05) is 30.3 Å². The van der Waals surface area contributed by atoms with Crippen LogP contribution in [0.2, 0.25) is 0 Å². The Morgan fingerprint density at radius 2 is 1.62 bits per heavy atom. The summed E-state index contributed by atoms with van der Waals surface area (Å²) in [6.45, 7) is 0. The highest BCUT2D eigenvalue weighted by atomic mass is 16.4. The van der Waals surface area contributed by atoms with Crippen molar-refractivity contribution in [2.24, 2.45) is 0 Å². The summed E-state index contributed by atoms with van der Waals surface area (Å²) in [6, 6.07) is 19.6. The molecule has 0 spiro atoms. The average Bonchev–Trinajstić information content (AvgIpc) is 2.69. The number of aliphatic carboxylic acids is 1. The SMILES string of the molecule is O=C(O)/C(=C/c1cccc(-c2ccncc2)c1)NC(=O)c1ccccc1. The van der Waals surface area contributed by atoms with E-state index in [4.69, 9.17) is 0 Å². The largest absolute Gasteiger partial charge is 0.477 e. The Kier molecular flexibility index (Phi) is 5.19. The molecule has 1 aromatic heterocycles. The van der Waals surface area contributed by atoms with Crippen molar-refractivity contribution < 1.29 is 14.7 Å². The summed E-state index contributed by atoms with van der Waals surface area (Å²) in [5.41, 5.74) is 2.78. The molecule has 3 aromatic rings. The van der Waals surface area contributed by atoms with Crippen molar-refractivity contribution in [2.75, 3.05) is 0 Å². The number of hydrogen-bond acceptors (Lipinski definition) is 3. The minimum absolute atomic E-state index is 0.189. The van der Waals surface area contributed by atoms with Crippen molar-refractivity contribution in [1.82, 2.24) is 10.3 Å². The third-order valence-electron chi connectivity index (χ3n) is 3.73. The Hall–Kier alpha value is -3.73. The summed E-state index contributed by atoms with van der Waals surface area (Å²) in [5, 5.41) is 11.9. The first-order chi connectivity index (χ1) is 12.6. The van der Waals surface area contributed by atoms with Crippen LogP contribution >= 0.6 is 0 Å². The number of carbonyl (C=O) groups excluding carboxylic acids is 1. The summed E-state index contributed by atoms with van der Waals surface area (Å²) >= 11 is 0. The van der Waals surface area contributed by atoms with Gasteiger partial charge in [0.15, 0.2) is 0 Å². The molecule has 0 saturated carbocycles. The van der Waals surface area contributed by atoms with Gasteiger partial charge in [-0.2, -0.15) is 0 Å². The Labute approximate surface area is 150 Å². The molecule has 3 rings (SSSR count). The van der Waals surface area contributed by atoms with Crippen LogP contribution in [0.1, 0.15) is 15.9 Å². The number of carboxylic acids is 1. The Morgan fingerprint density at radius 1 is 0.885 bits per heavy atom. The Morgan fingerprint density at radius 3 is 2.31 bits per heavy atom. The molecule has 0 bridgehead atoms. The predicted molar refractivity (Wildman–Crippen MR) is 99.2 cm³/mol. The van der Waals surface area contributed by atoms with Gasteiger partial charge in [-0.3, -0.25) is 9.78 Å². The first kappa shape index (κ1) is 17.1. The molecular weight excluding hydrogens is 328 g/mol. The zero-order valence-corrected chi connectivity index (χ0v) is 13.8. The highest BCUT2D eigenvalue weighted by Crippen LogP contribution is 2.20. The van der Waals surface area contributed by atoms with Crippen molar-refractivity contribution in [3.05, 3.63) is 95.9 Å². The maximum Gasteiger partial charge on any atom is 0.352 e. The van der Waals surface area contributed by atoms with Crippen molar-refractivity contribution in [3.8, 4) is 11.1 Å². The number of benzene rings is 2. The lowest BCUT2D eigenvalue weighted by Crippen LogP contribution is -2.27. The highest BCUT2D eigenvalue weighted by Gasteiger charge is 2.13. The number of nitrogens with one attached hydrogen (secondary N) is 1. The summed E-state index contributed by atoms with van der Waals surface area (Å²) in [5.74, 6) is -1.67. The fourth-order valence-electron chi connectivity index (χ4n) is 2.45. The second-order valence-electron chi connectivity index (χ2n) is 5.54. The van der Waals surface area contributed by atoms with Crippen LogP contribution in [0.4, 0.5) is 0 Å². The standard InChI is InChI=1S/C21H16N2O3/c24-20(17-6-2-1-3-7-17)23-19(21(25)26)14-15-5-4-8-18(13-15)16-9-11-22-12-10-16/h1-14H,(H,23,24)(H,25,26)/b19-14-. The molecule has 26 heavy (non-hydrogen) atoms. The minimum atomic E-state index is -1.21. The number of rotatable bonds is 5. The molecule has 5 nitrogen and oxygen atoms in total. The molecular formula is C21H16N2O3. The van der Waals surface area contributed by atoms with Crippen molar-refractivity contribution in [2.45, 2.75) is 0 Å². The van der Waals surface area contributed by atoms with E-state index in [1.165, 1.54) is 6.08 Å². The maximum atomic E-state index is 12.2. The molecule has 0 atom stereocenters. The molecule has 5 heteroatoms. The van der Waals surface area contributed by atoms with E-state index in [9.17, 15) is 14.7 Å². The monoisotopic (exact) mass is 344 g/mol. The van der Waals surface area contributed by atoms with Crippen LogP contribution in [0.5, 0.6) is 0 Å². The van der Waals surface area contributed by atoms with E-state index in [2.05, 4.69) is 10.3 Å². The molecule has 1 amide bonds. The number of hydrogen-bond donors (Lipinski definition) is 2. The molecule has 2 N–H and O–H groups in total. The quantitative estimate of drug-likeness (QED) is 0.693. The van der Waals surface area contributed by atoms with Crippen LogP contribution in [0, 0.1) is 0 Å². The second-order valence-corrected chi connectivity index (χ2v) is 5.54. The van der Waals surface area contributed by atoms with Gasteiger partial charge in [-0.1, -0.05) is 36.4 Å². The lowest BCUT2D eigenvalue weighted by molar-refractivity contribution is -0.132. The Balaban J connectivity index is 1.88. The molecule has 0 aliphatic carbocycles. The summed E-state index contributed by atoms with van der Waals surface area (Å²) in [6.07, 6.45) is 4.83. The Bertz CT molecular complexity index is 951. The van der Waals surface area contributed by atoms with Gasteiger partial charge in [0.25, 0.3) is 5.91 Å². The van der Waals surface area contributed by atoms with Crippen LogP contribution in [0.15, 0.2) is 84.8 Å². The average molecular weight is 344 g/mol. The zero-order valence-electron chi connectivity index (χ0n) is 13.8. The topological polar surface area (TPSA) is 79.3 Å². The molecule has 0 aliphatic rings. The molecule has 0 radical (unpaired) electrons. The van der Waals surface area contributed by atoms with Crippen LogP contribution in [0.3, 0.4) is 0 Å². The normalized spacial score (nSPS) is 11.0. The molecule has 1 heterocycles. The van der Waals surface area contributed by atoms with Crippen LogP contribution in [-0.4, -0.2) is 22.0 Å². The van der Waals surface area contributed by atoms with Gasteiger partial charge in [0.05, 0.1) is 0 Å². The zero-order chi connectivity index (χ0) is 18.4. The molecule has 0 fully saturated rings. The fraction of sp³-hybridized carbons (Fsp3) is 0. The maximum absolute atomic E-state index is 12.2. The number of pyridine rings is 1. The molecule has 2 aromatic carbocycles. The van der Waals surface area contributed by atoms with Gasteiger partial charge in [-0.25, -0.2) is 4.79 Å². The third-order valence-corrected chi connectivity index (χ3v) is 3.73. The van der Waals surface area contributed by atoms with Crippen molar-refractivity contribution in [1.29, 1.82) is 0 Å². The smallest absolute Gasteiger partial charge is 0.352 e.